The van der Waals surface area contributed by atoms with Gasteiger partial charge in [0.2, 0.25) is 5.91 Å². The zero-order chi connectivity index (χ0) is 19.1. The number of rotatable bonds is 7. The average Bonchev–Trinajstić information content (AvgIpc) is 2.45. The third kappa shape index (κ3) is 10.4. The van der Waals surface area contributed by atoms with Crippen LogP contribution in [0.4, 0.5) is 4.79 Å². The van der Waals surface area contributed by atoms with E-state index >= 15 is 0 Å². The average molecular weight is 431 g/mol. The fraction of sp³-hybridized carbons (Fsp3) is 0.556. The summed E-state index contributed by atoms with van der Waals surface area (Å²) in [6.07, 6.45) is -0.0722. The summed E-state index contributed by atoms with van der Waals surface area (Å²) in [5, 5.41) is 5.63. The van der Waals surface area contributed by atoms with E-state index in [0.717, 1.165) is 9.37 Å². The molecule has 0 bridgehead atoms. The van der Waals surface area contributed by atoms with E-state index in [1.165, 1.54) is 0 Å². The first kappa shape index (κ1) is 21.8. The Balaban J connectivity index is 2.31. The molecule has 5 nitrogen and oxygen atoms in total. The highest BCUT2D eigenvalue weighted by Gasteiger charge is 2.23. The van der Waals surface area contributed by atoms with Crippen molar-refractivity contribution in [2.75, 3.05) is 12.3 Å². The summed E-state index contributed by atoms with van der Waals surface area (Å²) in [4.78, 5) is 24.9. The Bertz CT molecular complexity index is 583. The molecule has 0 spiro atoms. The van der Waals surface area contributed by atoms with Gasteiger partial charge in [-0.1, -0.05) is 15.9 Å². The van der Waals surface area contributed by atoms with Crippen LogP contribution in [0, 0.1) is 0 Å². The molecule has 0 aromatic heterocycles. The number of carbonyl (C=O) groups is 2. The van der Waals surface area contributed by atoms with Crippen LogP contribution in [0.1, 0.15) is 41.0 Å². The molecular weight excluding hydrogens is 404 g/mol. The van der Waals surface area contributed by atoms with E-state index in [9.17, 15) is 9.59 Å². The van der Waals surface area contributed by atoms with Crippen LogP contribution in [0.15, 0.2) is 33.6 Å². The number of ether oxygens (including phenoxy) is 1. The predicted molar refractivity (Wildman–Crippen MR) is 106 cm³/mol. The summed E-state index contributed by atoms with van der Waals surface area (Å²) in [5.41, 5.74) is -1.09. The highest BCUT2D eigenvalue weighted by molar-refractivity contribution is 9.10. The maximum atomic E-state index is 12.1. The molecule has 2 amide bonds. The minimum Gasteiger partial charge on any atom is -0.444 e. The fourth-order valence-corrected chi connectivity index (χ4v) is 3.00. The van der Waals surface area contributed by atoms with Gasteiger partial charge >= 0.3 is 6.09 Å². The van der Waals surface area contributed by atoms with Gasteiger partial charge in [0, 0.05) is 28.1 Å². The summed E-state index contributed by atoms with van der Waals surface area (Å²) in [7, 11) is 0. The van der Waals surface area contributed by atoms with Crippen LogP contribution < -0.4 is 10.6 Å². The lowest BCUT2D eigenvalue weighted by molar-refractivity contribution is -0.122. The first-order chi connectivity index (χ1) is 11.5. The van der Waals surface area contributed by atoms with E-state index in [-0.39, 0.29) is 5.91 Å². The number of halogens is 1. The normalized spacial score (nSPS) is 11.8. The Hall–Kier alpha value is -1.21. The Morgan fingerprint density at radius 1 is 1.12 bits per heavy atom. The lowest BCUT2D eigenvalue weighted by Crippen LogP contribution is -2.52. The Morgan fingerprint density at radius 2 is 1.72 bits per heavy atom. The van der Waals surface area contributed by atoms with Crippen molar-refractivity contribution in [1.29, 1.82) is 0 Å². The van der Waals surface area contributed by atoms with Gasteiger partial charge in [-0.3, -0.25) is 4.79 Å². The van der Waals surface area contributed by atoms with Gasteiger partial charge in [-0.05, 0) is 58.9 Å². The molecule has 0 fully saturated rings. The zero-order valence-corrected chi connectivity index (χ0v) is 17.8. The van der Waals surface area contributed by atoms with Crippen molar-refractivity contribution in [3.8, 4) is 0 Å². The summed E-state index contributed by atoms with van der Waals surface area (Å²) in [5.74, 6) is 0.656. The van der Waals surface area contributed by atoms with Crippen LogP contribution in [0.5, 0.6) is 0 Å². The number of nitrogens with one attached hydrogen (secondary N) is 2. The van der Waals surface area contributed by atoms with E-state index in [2.05, 4.69) is 26.6 Å². The van der Waals surface area contributed by atoms with Crippen molar-refractivity contribution in [2.24, 2.45) is 0 Å². The van der Waals surface area contributed by atoms with Crippen LogP contribution in [0.2, 0.25) is 0 Å². The molecule has 1 aromatic rings. The highest BCUT2D eigenvalue weighted by atomic mass is 79.9. The molecule has 0 aliphatic rings. The highest BCUT2D eigenvalue weighted by Crippen LogP contribution is 2.21. The first-order valence-electron chi connectivity index (χ1n) is 8.13. The van der Waals surface area contributed by atoms with E-state index in [1.807, 2.05) is 58.9 Å². The van der Waals surface area contributed by atoms with Gasteiger partial charge in [0.1, 0.15) is 5.60 Å². The second kappa shape index (κ2) is 9.48. The third-order valence-corrected chi connectivity index (χ3v) is 4.51. The molecule has 1 rings (SSSR count). The lowest BCUT2D eigenvalue weighted by Gasteiger charge is -2.27. The maximum absolute atomic E-state index is 12.1. The summed E-state index contributed by atoms with van der Waals surface area (Å²) < 4.78 is 6.23. The van der Waals surface area contributed by atoms with Gasteiger partial charge < -0.3 is 15.4 Å². The van der Waals surface area contributed by atoms with Crippen molar-refractivity contribution in [3.05, 3.63) is 28.7 Å². The van der Waals surface area contributed by atoms with E-state index in [0.29, 0.717) is 18.7 Å². The Labute approximate surface area is 162 Å². The smallest absolute Gasteiger partial charge is 0.407 e. The number of hydrogen-bond donors (Lipinski definition) is 2. The number of carbonyl (C=O) groups excluding carboxylic acids is 2. The molecule has 0 saturated heterocycles. The van der Waals surface area contributed by atoms with Gasteiger partial charge in [0.15, 0.2) is 0 Å². The van der Waals surface area contributed by atoms with Crippen molar-refractivity contribution < 1.29 is 14.3 Å². The second-order valence-corrected chi connectivity index (χ2v) is 9.42. The van der Waals surface area contributed by atoms with Crippen molar-refractivity contribution in [1.82, 2.24) is 10.6 Å². The quantitative estimate of drug-likeness (QED) is 0.630. The molecule has 0 unspecified atom stereocenters. The molecule has 25 heavy (non-hydrogen) atoms. The van der Waals surface area contributed by atoms with Crippen LogP contribution in [-0.4, -0.2) is 35.4 Å². The van der Waals surface area contributed by atoms with Crippen molar-refractivity contribution >= 4 is 39.7 Å². The monoisotopic (exact) mass is 430 g/mol. The second-order valence-electron chi connectivity index (χ2n) is 7.34. The lowest BCUT2D eigenvalue weighted by atomic mass is 10.1. The minimum absolute atomic E-state index is 0.0411. The maximum Gasteiger partial charge on any atom is 0.407 e. The topological polar surface area (TPSA) is 67.4 Å². The third-order valence-electron chi connectivity index (χ3n) is 2.96. The number of benzene rings is 1. The number of thioether (sulfide) groups is 1. The fourth-order valence-electron chi connectivity index (χ4n) is 1.88. The SMILES string of the molecule is CC(C)(CNC(=O)OC(C)(C)C)NC(=O)CCSc1ccc(Br)cc1. The van der Waals surface area contributed by atoms with Gasteiger partial charge in [-0.25, -0.2) is 4.79 Å². The van der Waals surface area contributed by atoms with E-state index < -0.39 is 17.2 Å². The van der Waals surface area contributed by atoms with E-state index in [4.69, 9.17) is 4.74 Å². The standard InChI is InChI=1S/C18H27BrN2O3S/c1-17(2,3)24-16(23)20-12-18(4,5)21-15(22)10-11-25-14-8-6-13(19)7-9-14/h6-9H,10-12H2,1-5H3,(H,20,23)(H,21,22). The number of amides is 2. The molecule has 0 aliphatic heterocycles. The molecule has 1 aromatic carbocycles. The Kier molecular flexibility index (Phi) is 8.28. The van der Waals surface area contributed by atoms with Crippen LogP contribution >= 0.6 is 27.7 Å². The number of hydrogen-bond acceptors (Lipinski definition) is 4. The molecule has 0 heterocycles. The molecule has 140 valence electrons. The van der Waals surface area contributed by atoms with Crippen LogP contribution in [0.25, 0.3) is 0 Å². The number of alkyl carbamates (subject to hydrolysis) is 1. The van der Waals surface area contributed by atoms with Crippen molar-refractivity contribution in [2.45, 2.75) is 57.1 Å². The largest absolute Gasteiger partial charge is 0.444 e. The minimum atomic E-state index is -0.545. The van der Waals surface area contributed by atoms with Gasteiger partial charge in [-0.15, -0.1) is 11.8 Å². The molecular formula is C18H27BrN2O3S. The van der Waals surface area contributed by atoms with Crippen LogP contribution in [0.3, 0.4) is 0 Å². The first-order valence-corrected chi connectivity index (χ1v) is 9.91. The van der Waals surface area contributed by atoms with Crippen molar-refractivity contribution in [3.63, 3.8) is 0 Å². The van der Waals surface area contributed by atoms with Gasteiger partial charge in [0.05, 0.1) is 5.54 Å². The van der Waals surface area contributed by atoms with Crippen LogP contribution in [-0.2, 0) is 9.53 Å². The summed E-state index contributed by atoms with van der Waals surface area (Å²) >= 11 is 5.04. The zero-order valence-electron chi connectivity index (χ0n) is 15.4. The molecule has 0 atom stereocenters. The molecule has 7 heteroatoms. The molecule has 0 aliphatic carbocycles. The summed E-state index contributed by atoms with van der Waals surface area (Å²) in [6, 6.07) is 7.99. The van der Waals surface area contributed by atoms with Gasteiger partial charge in [0.25, 0.3) is 0 Å². The molecule has 0 radical (unpaired) electrons. The predicted octanol–water partition coefficient (Wildman–Crippen LogP) is 4.35. The summed E-state index contributed by atoms with van der Waals surface area (Å²) in [6.45, 7) is 9.45. The Morgan fingerprint density at radius 3 is 2.28 bits per heavy atom. The molecule has 0 saturated carbocycles. The molecule has 2 N–H and O–H groups in total. The van der Waals surface area contributed by atoms with Gasteiger partial charge in [-0.2, -0.15) is 0 Å². The van der Waals surface area contributed by atoms with E-state index in [1.54, 1.807) is 11.8 Å².